The van der Waals surface area contributed by atoms with Gasteiger partial charge in [-0.1, -0.05) is 30.3 Å². The number of aryl methyl sites for hydroxylation is 1. The number of nitrogens with one attached hydrogen (secondary N) is 2. The fourth-order valence-corrected chi connectivity index (χ4v) is 3.50. The van der Waals surface area contributed by atoms with E-state index in [0.717, 1.165) is 11.3 Å². The van der Waals surface area contributed by atoms with Crippen molar-refractivity contribution >= 4 is 28.0 Å². The molecule has 1 amide bonds. The highest BCUT2D eigenvalue weighted by atomic mass is 32.1. The third-order valence-electron chi connectivity index (χ3n) is 4.18. The molecule has 11 heteroatoms. The van der Waals surface area contributed by atoms with E-state index in [-0.39, 0.29) is 33.2 Å². The van der Waals surface area contributed by atoms with Gasteiger partial charge in [-0.25, -0.2) is 4.98 Å². The van der Waals surface area contributed by atoms with Crippen LogP contribution >= 0.6 is 11.3 Å². The van der Waals surface area contributed by atoms with Crippen LogP contribution in [0.5, 0.6) is 0 Å². The number of hydrogen-bond acceptors (Lipinski definition) is 5. The van der Waals surface area contributed by atoms with Gasteiger partial charge in [0.1, 0.15) is 11.2 Å². The number of amides is 1. The average Bonchev–Trinajstić information content (AvgIpc) is 3.29. The zero-order valence-electron chi connectivity index (χ0n) is 14.7. The lowest BCUT2D eigenvalue weighted by Gasteiger charge is -2.08. The van der Waals surface area contributed by atoms with Gasteiger partial charge in [-0.3, -0.25) is 14.9 Å². The van der Waals surface area contributed by atoms with Gasteiger partial charge in [0.15, 0.2) is 10.8 Å². The minimum Gasteiger partial charge on any atom is -0.342 e. The maximum absolute atomic E-state index is 13.6. The first-order valence-electron chi connectivity index (χ1n) is 8.26. The summed E-state index contributed by atoms with van der Waals surface area (Å²) >= 11 is 1.14. The van der Waals surface area contributed by atoms with Gasteiger partial charge in [-0.15, -0.1) is 11.3 Å². The molecule has 29 heavy (non-hydrogen) atoms. The van der Waals surface area contributed by atoms with Gasteiger partial charge < -0.3 is 4.98 Å². The Labute approximate surface area is 164 Å². The number of H-pyrrole nitrogens is 1. The van der Waals surface area contributed by atoms with E-state index in [0.29, 0.717) is 4.52 Å². The van der Waals surface area contributed by atoms with Gasteiger partial charge >= 0.3 is 6.18 Å². The third kappa shape index (κ3) is 3.29. The number of hydrogen-bond donors (Lipinski definition) is 2. The molecule has 148 valence electrons. The van der Waals surface area contributed by atoms with Gasteiger partial charge in [0.05, 0.1) is 5.56 Å². The van der Waals surface area contributed by atoms with Crippen molar-refractivity contribution in [1.29, 1.82) is 0 Å². The number of anilines is 1. The zero-order valence-corrected chi connectivity index (χ0v) is 15.6. The topological polar surface area (TPSA) is 92.2 Å². The van der Waals surface area contributed by atoms with E-state index in [1.54, 1.807) is 23.6 Å². The molecule has 0 radical (unpaired) electrons. The summed E-state index contributed by atoms with van der Waals surface area (Å²) in [6.07, 6.45) is -3.33. The van der Waals surface area contributed by atoms with Crippen LogP contribution in [-0.2, 0) is 6.18 Å². The van der Waals surface area contributed by atoms with Gasteiger partial charge in [0, 0.05) is 17.3 Å². The van der Waals surface area contributed by atoms with Gasteiger partial charge in [-0.2, -0.15) is 22.8 Å². The molecule has 0 unspecified atom stereocenters. The quantitative estimate of drug-likeness (QED) is 0.529. The van der Waals surface area contributed by atoms with E-state index in [2.05, 4.69) is 20.4 Å². The summed E-state index contributed by atoms with van der Waals surface area (Å²) in [6, 6.07) is 7.81. The molecule has 7 nitrogen and oxygen atoms in total. The number of benzene rings is 1. The lowest BCUT2D eigenvalue weighted by molar-refractivity contribution is -0.140. The predicted molar refractivity (Wildman–Crippen MR) is 101 cm³/mol. The highest BCUT2D eigenvalue weighted by molar-refractivity contribution is 7.13. The Kier molecular flexibility index (Phi) is 4.46. The minimum absolute atomic E-state index is 0.113. The fourth-order valence-electron chi connectivity index (χ4n) is 2.98. The summed E-state index contributed by atoms with van der Waals surface area (Å²) in [4.78, 5) is 32.0. The van der Waals surface area contributed by atoms with Crippen LogP contribution in [0.15, 0.2) is 46.7 Å². The molecule has 0 aliphatic rings. The molecule has 4 aromatic rings. The Hall–Kier alpha value is -3.47. The number of thiazole rings is 1. The molecule has 0 spiro atoms. The molecule has 0 fully saturated rings. The Morgan fingerprint density at radius 3 is 2.59 bits per heavy atom. The molecule has 0 saturated carbocycles. The Morgan fingerprint density at radius 2 is 1.97 bits per heavy atom. The molecule has 0 saturated heterocycles. The van der Waals surface area contributed by atoms with Crippen LogP contribution in [0.25, 0.3) is 16.8 Å². The number of fused-ring (bicyclic) bond motifs is 1. The van der Waals surface area contributed by atoms with Crippen LogP contribution in [-0.4, -0.2) is 25.5 Å². The van der Waals surface area contributed by atoms with Crippen molar-refractivity contribution in [2.24, 2.45) is 0 Å². The second-order valence-electron chi connectivity index (χ2n) is 6.07. The molecule has 3 heterocycles. The third-order valence-corrected chi connectivity index (χ3v) is 4.87. The number of aromatic amines is 1. The molecule has 0 aliphatic heterocycles. The average molecular weight is 419 g/mol. The van der Waals surface area contributed by atoms with Crippen molar-refractivity contribution < 1.29 is 18.0 Å². The number of aromatic nitrogens is 4. The van der Waals surface area contributed by atoms with Crippen LogP contribution in [0.4, 0.5) is 18.3 Å². The molecule has 0 aliphatic carbocycles. The van der Waals surface area contributed by atoms with Crippen LogP contribution in [0.2, 0.25) is 0 Å². The van der Waals surface area contributed by atoms with E-state index in [4.69, 9.17) is 0 Å². The zero-order chi connectivity index (χ0) is 20.8. The molecular formula is C18H12F3N5O2S. The number of halogens is 3. The van der Waals surface area contributed by atoms with Crippen molar-refractivity contribution in [3.8, 4) is 11.1 Å². The monoisotopic (exact) mass is 419 g/mol. The molecular weight excluding hydrogens is 407 g/mol. The summed E-state index contributed by atoms with van der Waals surface area (Å²) in [5.74, 6) is -0.786. The Morgan fingerprint density at radius 1 is 1.24 bits per heavy atom. The Balaban J connectivity index is 1.96. The van der Waals surface area contributed by atoms with E-state index in [1.807, 2.05) is 0 Å². The van der Waals surface area contributed by atoms with E-state index < -0.39 is 23.3 Å². The number of nitrogens with zero attached hydrogens (tertiary/aromatic N) is 3. The van der Waals surface area contributed by atoms with Gasteiger partial charge in [0.2, 0.25) is 0 Å². The largest absolute Gasteiger partial charge is 0.435 e. The second-order valence-corrected chi connectivity index (χ2v) is 6.96. The summed E-state index contributed by atoms with van der Waals surface area (Å²) in [7, 11) is 0. The van der Waals surface area contributed by atoms with Gasteiger partial charge in [-0.05, 0) is 12.5 Å². The molecule has 3 aromatic heterocycles. The summed E-state index contributed by atoms with van der Waals surface area (Å²) in [6.45, 7) is 1.44. The first-order valence-corrected chi connectivity index (χ1v) is 9.14. The molecule has 4 rings (SSSR count). The van der Waals surface area contributed by atoms with Crippen LogP contribution in [0, 0.1) is 6.92 Å². The number of carbonyl (C=O) groups is 1. The summed E-state index contributed by atoms with van der Waals surface area (Å²) < 4.78 is 41.5. The standard InChI is InChI=1S/C18H12F3N5O2S/c1-9-11(15(27)24-17-22-7-8-29-17)16(28)26-14(23-9)12(10-5-3-2-4-6-10)13(25-26)18(19,20)21/h2-8,23H,1H3,(H,22,24,27). The van der Waals surface area contributed by atoms with E-state index in [9.17, 15) is 22.8 Å². The van der Waals surface area contributed by atoms with Gasteiger partial charge in [0.25, 0.3) is 11.5 Å². The SMILES string of the molecule is Cc1[nH]c2c(-c3ccccc3)c(C(F)(F)F)nn2c(=O)c1C(=O)Nc1nccs1. The summed E-state index contributed by atoms with van der Waals surface area (Å²) in [5, 5.41) is 7.84. The lowest BCUT2D eigenvalue weighted by atomic mass is 10.1. The first kappa shape index (κ1) is 18.9. The number of carbonyl (C=O) groups excluding carboxylic acids is 1. The van der Waals surface area contributed by atoms with Crippen molar-refractivity contribution in [1.82, 2.24) is 19.6 Å². The maximum atomic E-state index is 13.6. The van der Waals surface area contributed by atoms with Crippen molar-refractivity contribution in [2.45, 2.75) is 13.1 Å². The van der Waals surface area contributed by atoms with Crippen LogP contribution < -0.4 is 10.9 Å². The molecule has 2 N–H and O–H groups in total. The highest BCUT2D eigenvalue weighted by Crippen LogP contribution is 2.38. The van der Waals surface area contributed by atoms with E-state index in [1.165, 1.54) is 25.3 Å². The predicted octanol–water partition coefficient (Wildman–Crippen LogP) is 3.73. The van der Waals surface area contributed by atoms with Crippen molar-refractivity contribution in [2.75, 3.05) is 5.32 Å². The first-order chi connectivity index (χ1) is 13.8. The molecule has 1 aromatic carbocycles. The maximum Gasteiger partial charge on any atom is 0.435 e. The molecule has 0 atom stereocenters. The lowest BCUT2D eigenvalue weighted by Crippen LogP contribution is -2.29. The number of rotatable bonds is 3. The molecule has 0 bridgehead atoms. The normalized spacial score (nSPS) is 11.7. The highest BCUT2D eigenvalue weighted by Gasteiger charge is 2.39. The van der Waals surface area contributed by atoms with Crippen molar-refractivity contribution in [3.05, 3.63) is 69.2 Å². The Bertz CT molecular complexity index is 1260. The number of alkyl halides is 3. The second kappa shape index (κ2) is 6.85. The smallest absolute Gasteiger partial charge is 0.342 e. The van der Waals surface area contributed by atoms with Crippen LogP contribution in [0.1, 0.15) is 21.7 Å². The fraction of sp³-hybridized carbons (Fsp3) is 0.111. The van der Waals surface area contributed by atoms with Crippen LogP contribution in [0.3, 0.4) is 0 Å². The van der Waals surface area contributed by atoms with Crippen molar-refractivity contribution in [3.63, 3.8) is 0 Å². The summed E-state index contributed by atoms with van der Waals surface area (Å²) in [5.41, 5.74) is -2.57. The van der Waals surface area contributed by atoms with E-state index >= 15 is 0 Å². The minimum atomic E-state index is -4.80.